The number of hydrogen-bond donors (Lipinski definition) is 2. The molecule has 2 aromatic carbocycles. The van der Waals surface area contributed by atoms with E-state index in [0.717, 1.165) is 16.9 Å². The molecule has 1 aliphatic heterocycles. The number of nitrogens with two attached hydrogens (primary N) is 1. The van der Waals surface area contributed by atoms with Gasteiger partial charge in [0.15, 0.2) is 11.5 Å². The highest BCUT2D eigenvalue weighted by Crippen LogP contribution is 2.43. The van der Waals surface area contributed by atoms with Crippen LogP contribution in [0.15, 0.2) is 51.2 Å². The molecule has 4 rings (SSSR count). The summed E-state index contributed by atoms with van der Waals surface area (Å²) in [5.41, 5.74) is 8.41. The monoisotopic (exact) mass is 611 g/mol. The van der Waals surface area contributed by atoms with Gasteiger partial charge in [0.05, 0.1) is 26.7 Å². The molecule has 1 aromatic heterocycles. The van der Waals surface area contributed by atoms with Gasteiger partial charge in [-0.15, -0.1) is 5.10 Å². The van der Waals surface area contributed by atoms with E-state index >= 15 is 0 Å². The third-order valence-corrected chi connectivity index (χ3v) is 7.43. The Morgan fingerprint density at radius 1 is 1.22 bits per heavy atom. The quantitative estimate of drug-likeness (QED) is 0.277. The summed E-state index contributed by atoms with van der Waals surface area (Å²) in [6.45, 7) is 6.37. The van der Waals surface area contributed by atoms with Crippen LogP contribution in [-0.4, -0.2) is 33.0 Å². The first-order valence-electron chi connectivity index (χ1n) is 11.1. The Bertz CT molecular complexity index is 1350. The van der Waals surface area contributed by atoms with Gasteiger partial charge in [0.2, 0.25) is 17.0 Å². The van der Waals surface area contributed by atoms with E-state index in [9.17, 15) is 4.79 Å². The van der Waals surface area contributed by atoms with Crippen molar-refractivity contribution in [2.75, 3.05) is 17.7 Å². The number of carbonyl (C=O) groups excluding carboxylic acids is 1. The standard InChI is InChI=1S/C24H24BrCl2N5O3S/c1-4-34-18-10-14(9-15(25)21(18)35-11-13-6-7-16(26)17(27)8-13)20-19(22(28)33)12(3)29-23-30-24(36-5-2)31-32(20)23/h6-10,20H,4-5,11H2,1-3H3,(H2,28,33)(H,29,30,31). The van der Waals surface area contributed by atoms with E-state index in [4.69, 9.17) is 38.4 Å². The number of nitrogens with zero attached hydrogens (tertiary/aromatic N) is 3. The number of allylic oxidation sites excluding steroid dienone is 1. The zero-order valence-electron chi connectivity index (χ0n) is 19.8. The molecule has 0 saturated carbocycles. The average Bonchev–Trinajstić information content (AvgIpc) is 3.21. The van der Waals surface area contributed by atoms with Crippen molar-refractivity contribution < 1.29 is 14.3 Å². The lowest BCUT2D eigenvalue weighted by atomic mass is 9.95. The minimum Gasteiger partial charge on any atom is -0.490 e. The molecule has 0 aliphatic carbocycles. The maximum absolute atomic E-state index is 12.5. The number of hydrogen-bond acceptors (Lipinski definition) is 7. The topological polar surface area (TPSA) is 104 Å². The lowest BCUT2D eigenvalue weighted by Crippen LogP contribution is -2.32. The molecule has 0 saturated heterocycles. The number of ether oxygens (including phenoxy) is 2. The van der Waals surface area contributed by atoms with Gasteiger partial charge in [-0.2, -0.15) is 4.98 Å². The molecule has 1 amide bonds. The number of anilines is 1. The van der Waals surface area contributed by atoms with E-state index in [-0.39, 0.29) is 6.61 Å². The van der Waals surface area contributed by atoms with Gasteiger partial charge in [0, 0.05) is 5.70 Å². The van der Waals surface area contributed by atoms with Gasteiger partial charge >= 0.3 is 0 Å². The summed E-state index contributed by atoms with van der Waals surface area (Å²) in [6, 6.07) is 8.43. The molecule has 0 radical (unpaired) electrons. The Balaban J connectivity index is 1.76. The predicted molar refractivity (Wildman–Crippen MR) is 146 cm³/mol. The molecule has 1 atom stereocenters. The first-order valence-corrected chi connectivity index (χ1v) is 13.7. The number of aromatic nitrogens is 3. The van der Waals surface area contributed by atoms with Gasteiger partial charge in [-0.25, -0.2) is 4.68 Å². The molecule has 3 N–H and O–H groups in total. The number of fused-ring (bicyclic) bond motifs is 1. The molecule has 12 heteroatoms. The van der Waals surface area contributed by atoms with Crippen molar-refractivity contribution in [3.63, 3.8) is 0 Å². The van der Waals surface area contributed by atoms with Crippen LogP contribution in [0.3, 0.4) is 0 Å². The maximum atomic E-state index is 12.5. The van der Waals surface area contributed by atoms with Crippen molar-refractivity contribution in [3.8, 4) is 11.5 Å². The van der Waals surface area contributed by atoms with E-state index in [1.807, 2.05) is 32.0 Å². The predicted octanol–water partition coefficient (Wildman–Crippen LogP) is 6.21. The van der Waals surface area contributed by atoms with Crippen LogP contribution in [0.1, 0.15) is 37.9 Å². The number of amides is 1. The van der Waals surface area contributed by atoms with Gasteiger partial charge in [-0.05, 0) is 70.9 Å². The van der Waals surface area contributed by atoms with Crippen LogP contribution in [0.5, 0.6) is 11.5 Å². The van der Waals surface area contributed by atoms with Crippen molar-refractivity contribution in [1.29, 1.82) is 0 Å². The highest BCUT2D eigenvalue weighted by atomic mass is 79.9. The molecule has 190 valence electrons. The van der Waals surface area contributed by atoms with E-state index in [1.54, 1.807) is 23.7 Å². The Hall–Kier alpha value is -2.40. The second kappa shape index (κ2) is 11.3. The van der Waals surface area contributed by atoms with Gasteiger partial charge in [0.25, 0.3) is 0 Å². The lowest BCUT2D eigenvalue weighted by Gasteiger charge is -2.28. The summed E-state index contributed by atoms with van der Waals surface area (Å²) >= 11 is 17.3. The van der Waals surface area contributed by atoms with Gasteiger partial charge in [-0.1, -0.05) is 48.0 Å². The Kier molecular flexibility index (Phi) is 8.39. The maximum Gasteiger partial charge on any atom is 0.248 e. The van der Waals surface area contributed by atoms with Crippen LogP contribution in [0.2, 0.25) is 10.0 Å². The first-order chi connectivity index (χ1) is 17.2. The fourth-order valence-electron chi connectivity index (χ4n) is 3.88. The zero-order chi connectivity index (χ0) is 26.0. The van der Waals surface area contributed by atoms with Crippen molar-refractivity contribution in [2.45, 2.75) is 38.6 Å². The highest BCUT2D eigenvalue weighted by Gasteiger charge is 2.34. The average molecular weight is 613 g/mol. The highest BCUT2D eigenvalue weighted by molar-refractivity contribution is 9.10. The second-order valence-electron chi connectivity index (χ2n) is 7.83. The molecule has 0 spiro atoms. The number of primary amides is 1. The van der Waals surface area contributed by atoms with Crippen LogP contribution < -0.4 is 20.5 Å². The van der Waals surface area contributed by atoms with Crippen molar-refractivity contribution >= 4 is 62.7 Å². The molecule has 1 unspecified atom stereocenters. The summed E-state index contributed by atoms with van der Waals surface area (Å²) in [7, 11) is 0. The van der Waals surface area contributed by atoms with Crippen LogP contribution in [0.25, 0.3) is 0 Å². The summed E-state index contributed by atoms with van der Waals surface area (Å²) in [5.74, 6) is 1.82. The minimum absolute atomic E-state index is 0.249. The molecular weight excluding hydrogens is 589 g/mol. The van der Waals surface area contributed by atoms with Gasteiger partial charge in [0.1, 0.15) is 12.6 Å². The van der Waals surface area contributed by atoms with Crippen LogP contribution in [0.4, 0.5) is 5.95 Å². The molecule has 0 fully saturated rings. The number of halogens is 3. The Morgan fingerprint density at radius 2 is 2.00 bits per heavy atom. The number of carbonyl (C=O) groups is 1. The number of benzene rings is 2. The molecule has 8 nitrogen and oxygen atoms in total. The number of nitrogens with one attached hydrogen (secondary N) is 1. The molecule has 2 heterocycles. The summed E-state index contributed by atoms with van der Waals surface area (Å²) in [6.07, 6.45) is 0. The molecular formula is C24H24BrCl2N5O3S. The van der Waals surface area contributed by atoms with Gasteiger partial charge in [-0.3, -0.25) is 4.79 Å². The van der Waals surface area contributed by atoms with E-state index in [1.165, 1.54) is 11.8 Å². The van der Waals surface area contributed by atoms with E-state index in [0.29, 0.717) is 55.0 Å². The lowest BCUT2D eigenvalue weighted by molar-refractivity contribution is -0.115. The summed E-state index contributed by atoms with van der Waals surface area (Å²) in [5, 5.41) is 9.32. The summed E-state index contributed by atoms with van der Waals surface area (Å²) in [4.78, 5) is 17.1. The third kappa shape index (κ3) is 5.46. The van der Waals surface area contributed by atoms with E-state index < -0.39 is 11.9 Å². The second-order valence-corrected chi connectivity index (χ2v) is 10.7. The normalized spacial score (nSPS) is 14.9. The zero-order valence-corrected chi connectivity index (χ0v) is 23.7. The molecule has 3 aromatic rings. The number of thioether (sulfide) groups is 1. The molecule has 1 aliphatic rings. The molecule has 36 heavy (non-hydrogen) atoms. The smallest absolute Gasteiger partial charge is 0.248 e. The first kappa shape index (κ1) is 26.7. The Labute approximate surface area is 231 Å². The minimum atomic E-state index is -0.600. The van der Waals surface area contributed by atoms with Crippen LogP contribution in [-0.2, 0) is 11.4 Å². The number of rotatable bonds is 9. The van der Waals surface area contributed by atoms with Crippen LogP contribution in [0, 0.1) is 0 Å². The van der Waals surface area contributed by atoms with Crippen molar-refractivity contribution in [3.05, 3.63) is 67.2 Å². The van der Waals surface area contributed by atoms with Crippen LogP contribution >= 0.6 is 50.9 Å². The van der Waals surface area contributed by atoms with E-state index in [2.05, 4.69) is 31.3 Å². The van der Waals surface area contributed by atoms with Crippen molar-refractivity contribution in [2.24, 2.45) is 5.73 Å². The Morgan fingerprint density at radius 3 is 2.67 bits per heavy atom. The third-order valence-electron chi connectivity index (χ3n) is 5.39. The fourth-order valence-corrected chi connectivity index (χ4v) is 5.33. The van der Waals surface area contributed by atoms with Gasteiger partial charge < -0.3 is 20.5 Å². The SMILES string of the molecule is CCOc1cc(C2C(C(N)=O)=C(C)Nc3nc(SCC)nn32)cc(Br)c1OCc1ccc(Cl)c(Cl)c1. The molecule has 0 bridgehead atoms. The van der Waals surface area contributed by atoms with Crippen molar-refractivity contribution in [1.82, 2.24) is 14.8 Å². The summed E-state index contributed by atoms with van der Waals surface area (Å²) < 4.78 is 14.4. The largest absolute Gasteiger partial charge is 0.490 e. The fraction of sp³-hybridized carbons (Fsp3) is 0.292.